The molecular formula is C28H24F2N6O4S2. The molecule has 1 aliphatic heterocycles. The number of amides is 1. The largest absolute Gasteiger partial charge is 0.497 e. The Hall–Kier alpha value is -4.48. The lowest BCUT2D eigenvalue weighted by molar-refractivity contribution is -0.116. The van der Waals surface area contributed by atoms with Gasteiger partial charge >= 0.3 is 0 Å². The predicted octanol–water partition coefficient (Wildman–Crippen LogP) is 4.87. The Labute approximate surface area is 247 Å². The van der Waals surface area contributed by atoms with Gasteiger partial charge in [-0.15, -0.1) is 10.2 Å². The van der Waals surface area contributed by atoms with Gasteiger partial charge in [0.25, 0.3) is 0 Å². The number of Topliss-reactive ketones (excluding diaryl/α,β-unsaturated/α-hetero) is 1. The molecule has 10 nitrogen and oxygen atoms in total. The molecule has 2 aliphatic rings. The number of aromatic nitrogens is 2. The summed E-state index contributed by atoms with van der Waals surface area (Å²) in [4.78, 5) is 27.4. The maximum absolute atomic E-state index is 13.9. The van der Waals surface area contributed by atoms with E-state index in [2.05, 4.69) is 21.6 Å². The topological polar surface area (TPSA) is 143 Å². The van der Waals surface area contributed by atoms with Crippen molar-refractivity contribution in [2.75, 3.05) is 30.2 Å². The molecule has 1 amide bonds. The average molecular weight is 611 g/mol. The second-order valence-electron chi connectivity index (χ2n) is 9.24. The van der Waals surface area contributed by atoms with E-state index < -0.39 is 23.5 Å². The van der Waals surface area contributed by atoms with Crippen LogP contribution in [0.25, 0.3) is 0 Å². The number of carbonyl (C=O) groups is 2. The van der Waals surface area contributed by atoms with E-state index >= 15 is 0 Å². The molecule has 14 heteroatoms. The van der Waals surface area contributed by atoms with Gasteiger partial charge in [0.1, 0.15) is 29.0 Å². The summed E-state index contributed by atoms with van der Waals surface area (Å²) >= 11 is 2.19. The summed E-state index contributed by atoms with van der Waals surface area (Å²) in [6.07, 6.45) is 1.41. The number of ketones is 1. The van der Waals surface area contributed by atoms with Crippen molar-refractivity contribution in [2.45, 2.75) is 29.5 Å². The fraction of sp³-hybridized carbons (Fsp3) is 0.250. The lowest BCUT2D eigenvalue weighted by Crippen LogP contribution is -2.38. The van der Waals surface area contributed by atoms with E-state index in [9.17, 15) is 23.6 Å². The van der Waals surface area contributed by atoms with Crippen LogP contribution in [0.15, 0.2) is 63.4 Å². The maximum Gasteiger partial charge on any atom is 0.234 e. The van der Waals surface area contributed by atoms with E-state index in [1.807, 2.05) is 0 Å². The summed E-state index contributed by atoms with van der Waals surface area (Å²) in [5.74, 6) is -2.04. The normalized spacial score (nSPS) is 16.7. The lowest BCUT2D eigenvalue weighted by atomic mass is 9.75. The minimum Gasteiger partial charge on any atom is -0.497 e. The van der Waals surface area contributed by atoms with Crippen molar-refractivity contribution >= 4 is 45.6 Å². The SMILES string of the molecule is COc1ccc(OC)c(C2C(C#N)=C(N)N(c3nnc(SCC(=O)Nc4ccc(F)cc4F)s3)C3=C2C(=O)CCC3)c1. The summed E-state index contributed by atoms with van der Waals surface area (Å²) in [7, 11) is 3.03. The van der Waals surface area contributed by atoms with Crippen molar-refractivity contribution in [3.8, 4) is 17.6 Å². The number of methoxy groups -OCH3 is 2. The standard InChI is InChI=1S/C28H24F2N6O4S2/c1-39-15-7-9-22(40-2)16(11-15)24-17(12-31)26(32)36(20-4-3-5-21(37)25(20)24)27-34-35-28(42-27)41-13-23(38)33-19-8-6-14(29)10-18(19)30/h6-11,24H,3-5,13,32H2,1-2H3,(H,33,38). The molecule has 5 rings (SSSR count). The van der Waals surface area contributed by atoms with Crippen LogP contribution in [-0.4, -0.2) is 41.9 Å². The second kappa shape index (κ2) is 12.2. The summed E-state index contributed by atoms with van der Waals surface area (Å²) in [5, 5.41) is 21.4. The zero-order chi connectivity index (χ0) is 30.0. The molecule has 2 aromatic carbocycles. The molecule has 1 aliphatic carbocycles. The van der Waals surface area contributed by atoms with Crippen LogP contribution < -0.4 is 25.4 Å². The fourth-order valence-corrected chi connectivity index (χ4v) is 6.62. The number of thioether (sulfide) groups is 1. The molecule has 3 aromatic rings. The molecule has 0 bridgehead atoms. The van der Waals surface area contributed by atoms with Gasteiger partial charge in [0.05, 0.1) is 43.2 Å². The van der Waals surface area contributed by atoms with Crippen LogP contribution in [0.4, 0.5) is 19.6 Å². The van der Waals surface area contributed by atoms with Crippen molar-refractivity contribution in [3.63, 3.8) is 0 Å². The van der Waals surface area contributed by atoms with Crippen LogP contribution >= 0.6 is 23.1 Å². The van der Waals surface area contributed by atoms with Crippen molar-refractivity contribution in [1.29, 1.82) is 5.26 Å². The van der Waals surface area contributed by atoms with Crippen molar-refractivity contribution in [3.05, 3.63) is 76.3 Å². The van der Waals surface area contributed by atoms with Gasteiger partial charge in [-0.25, -0.2) is 8.78 Å². The highest BCUT2D eigenvalue weighted by molar-refractivity contribution is 8.01. The molecular weight excluding hydrogens is 586 g/mol. The molecule has 1 unspecified atom stereocenters. The van der Waals surface area contributed by atoms with Crippen LogP contribution in [-0.2, 0) is 9.59 Å². The van der Waals surface area contributed by atoms with Gasteiger partial charge in [0, 0.05) is 29.3 Å². The molecule has 1 aromatic heterocycles. The van der Waals surface area contributed by atoms with Crippen molar-refractivity contribution in [1.82, 2.24) is 10.2 Å². The van der Waals surface area contributed by atoms with Gasteiger partial charge in [-0.3, -0.25) is 14.5 Å². The van der Waals surface area contributed by atoms with Crippen LogP contribution in [0.2, 0.25) is 0 Å². The molecule has 0 fully saturated rings. The number of anilines is 2. The fourth-order valence-electron chi connectivity index (χ4n) is 4.94. The number of rotatable bonds is 8. The molecule has 1 atom stereocenters. The number of carbonyl (C=O) groups excluding carboxylic acids is 2. The van der Waals surface area contributed by atoms with Crippen LogP contribution in [0.3, 0.4) is 0 Å². The van der Waals surface area contributed by atoms with Gasteiger partial charge in [-0.2, -0.15) is 5.26 Å². The summed E-state index contributed by atoms with van der Waals surface area (Å²) in [5.41, 5.74) is 8.27. The Morgan fingerprint density at radius 1 is 1.21 bits per heavy atom. The van der Waals surface area contributed by atoms with Crippen LogP contribution in [0, 0.1) is 23.0 Å². The van der Waals surface area contributed by atoms with Gasteiger partial charge in [-0.1, -0.05) is 23.1 Å². The summed E-state index contributed by atoms with van der Waals surface area (Å²) in [6, 6.07) is 10.2. The summed E-state index contributed by atoms with van der Waals surface area (Å²) < 4.78 is 38.4. The number of nitrogens with two attached hydrogens (primary N) is 1. The number of nitriles is 1. The number of hydrogen-bond acceptors (Lipinski definition) is 11. The lowest BCUT2D eigenvalue weighted by Gasteiger charge is -2.38. The molecule has 0 radical (unpaired) electrons. The number of nitrogens with one attached hydrogen (secondary N) is 1. The molecule has 0 saturated heterocycles. The highest BCUT2D eigenvalue weighted by Crippen LogP contribution is 2.49. The van der Waals surface area contributed by atoms with E-state index in [0.717, 1.165) is 35.2 Å². The second-order valence-corrected chi connectivity index (χ2v) is 11.4. The van der Waals surface area contributed by atoms with E-state index in [-0.39, 0.29) is 28.6 Å². The minimum atomic E-state index is -0.886. The number of allylic oxidation sites excluding steroid dienone is 3. The Morgan fingerprint density at radius 2 is 2.02 bits per heavy atom. The van der Waals surface area contributed by atoms with Gasteiger partial charge in [0.15, 0.2) is 10.1 Å². The smallest absolute Gasteiger partial charge is 0.234 e. The Morgan fingerprint density at radius 3 is 2.74 bits per heavy atom. The van der Waals surface area contributed by atoms with E-state index in [1.165, 1.54) is 14.2 Å². The highest BCUT2D eigenvalue weighted by Gasteiger charge is 2.42. The highest BCUT2D eigenvalue weighted by atomic mass is 32.2. The van der Waals surface area contributed by atoms with Gasteiger partial charge < -0.3 is 20.5 Å². The maximum atomic E-state index is 13.9. The first kappa shape index (κ1) is 29.0. The number of halogens is 2. The van der Waals surface area contributed by atoms with E-state index in [0.29, 0.717) is 63.1 Å². The molecule has 3 N–H and O–H groups in total. The van der Waals surface area contributed by atoms with E-state index in [1.54, 1.807) is 23.1 Å². The average Bonchev–Trinajstić information content (AvgIpc) is 3.45. The van der Waals surface area contributed by atoms with Gasteiger partial charge in [0.2, 0.25) is 11.0 Å². The van der Waals surface area contributed by atoms with Crippen molar-refractivity contribution in [2.24, 2.45) is 5.73 Å². The Balaban J connectivity index is 1.45. The Bertz CT molecular complexity index is 1680. The van der Waals surface area contributed by atoms with E-state index in [4.69, 9.17) is 15.2 Å². The quantitative estimate of drug-likeness (QED) is 0.339. The molecule has 42 heavy (non-hydrogen) atoms. The number of hydrogen-bond donors (Lipinski definition) is 2. The third kappa shape index (κ3) is 5.53. The molecule has 0 saturated carbocycles. The Kier molecular flexibility index (Phi) is 8.41. The number of benzene rings is 2. The minimum absolute atomic E-state index is 0.109. The zero-order valence-electron chi connectivity index (χ0n) is 22.4. The molecule has 0 spiro atoms. The monoisotopic (exact) mass is 610 g/mol. The first-order valence-electron chi connectivity index (χ1n) is 12.6. The summed E-state index contributed by atoms with van der Waals surface area (Å²) in [6.45, 7) is 0. The predicted molar refractivity (Wildman–Crippen MR) is 153 cm³/mol. The van der Waals surface area contributed by atoms with Crippen LogP contribution in [0.1, 0.15) is 30.7 Å². The first-order chi connectivity index (χ1) is 20.2. The number of nitrogens with zero attached hydrogens (tertiary/aromatic N) is 4. The first-order valence-corrected chi connectivity index (χ1v) is 14.4. The third-order valence-electron chi connectivity index (χ3n) is 6.78. The zero-order valence-corrected chi connectivity index (χ0v) is 24.1. The molecule has 2 heterocycles. The molecule has 216 valence electrons. The van der Waals surface area contributed by atoms with Crippen molar-refractivity contribution < 1.29 is 27.8 Å². The van der Waals surface area contributed by atoms with Crippen LogP contribution in [0.5, 0.6) is 11.5 Å². The van der Waals surface area contributed by atoms with Gasteiger partial charge in [-0.05, 0) is 43.2 Å². The number of ether oxygens (including phenoxy) is 2. The third-order valence-corrected chi connectivity index (χ3v) is 8.82.